The summed E-state index contributed by atoms with van der Waals surface area (Å²) in [5.41, 5.74) is 2.21. The van der Waals surface area contributed by atoms with Gasteiger partial charge >= 0.3 is 0 Å². The Morgan fingerprint density at radius 3 is 2.83 bits per heavy atom. The average molecular weight is 393 g/mol. The molecule has 1 spiro atoms. The molecule has 150 valence electrons. The number of carbonyl (C=O) groups is 2. The molecule has 0 bridgehead atoms. The zero-order valence-electron chi connectivity index (χ0n) is 16.5. The minimum Gasteiger partial charge on any atom is -0.483 e. The first-order valence-corrected chi connectivity index (χ1v) is 9.98. The van der Waals surface area contributed by atoms with E-state index in [2.05, 4.69) is 15.1 Å². The first kappa shape index (κ1) is 17.9. The van der Waals surface area contributed by atoms with Crippen molar-refractivity contribution in [3.05, 3.63) is 42.0 Å². The van der Waals surface area contributed by atoms with Gasteiger partial charge in [0.05, 0.1) is 30.0 Å². The number of ketones is 1. The highest BCUT2D eigenvalue weighted by Crippen LogP contribution is 2.39. The molecule has 1 fully saturated rings. The van der Waals surface area contributed by atoms with Crippen LogP contribution in [0.3, 0.4) is 0 Å². The van der Waals surface area contributed by atoms with Crippen LogP contribution in [0.1, 0.15) is 60.0 Å². The predicted octanol–water partition coefficient (Wildman–Crippen LogP) is 2.98. The number of hydrogen-bond donors (Lipinski definition) is 1. The van der Waals surface area contributed by atoms with E-state index in [0.717, 1.165) is 11.0 Å². The van der Waals surface area contributed by atoms with Crippen molar-refractivity contribution in [3.8, 4) is 5.75 Å². The Balaban J connectivity index is 1.31. The van der Waals surface area contributed by atoms with Gasteiger partial charge in [-0.2, -0.15) is 5.10 Å². The summed E-state index contributed by atoms with van der Waals surface area (Å²) in [7, 11) is 0. The van der Waals surface area contributed by atoms with Gasteiger partial charge in [0, 0.05) is 37.5 Å². The van der Waals surface area contributed by atoms with Crippen LogP contribution >= 0.6 is 0 Å². The van der Waals surface area contributed by atoms with Gasteiger partial charge in [0.15, 0.2) is 17.2 Å². The highest BCUT2D eigenvalue weighted by Gasteiger charge is 2.45. The molecular formula is C21H23N5O3. The number of likely N-dealkylation sites (tertiary alicyclic amines) is 1. The molecule has 4 heterocycles. The highest BCUT2D eigenvalue weighted by atomic mass is 16.5. The lowest BCUT2D eigenvalue weighted by molar-refractivity contribution is -0.00583. The van der Waals surface area contributed by atoms with Gasteiger partial charge in [0.1, 0.15) is 5.60 Å². The summed E-state index contributed by atoms with van der Waals surface area (Å²) >= 11 is 0. The quantitative estimate of drug-likeness (QED) is 0.722. The van der Waals surface area contributed by atoms with Crippen molar-refractivity contribution >= 4 is 22.7 Å². The molecule has 1 amide bonds. The minimum atomic E-state index is -0.543. The number of nitrogens with one attached hydrogen (secondary N) is 1. The summed E-state index contributed by atoms with van der Waals surface area (Å²) in [6, 6.07) is 5.66. The summed E-state index contributed by atoms with van der Waals surface area (Å²) in [6.07, 6.45) is 5.01. The monoisotopic (exact) mass is 393 g/mol. The molecule has 1 aromatic carbocycles. The van der Waals surface area contributed by atoms with Crippen LogP contribution in [0, 0.1) is 0 Å². The molecule has 8 heteroatoms. The number of nitrogens with zero attached hydrogens (tertiary/aromatic N) is 4. The first-order valence-electron chi connectivity index (χ1n) is 9.98. The van der Waals surface area contributed by atoms with Gasteiger partial charge in [-0.3, -0.25) is 14.3 Å². The van der Waals surface area contributed by atoms with Crippen LogP contribution in [0.25, 0.3) is 11.0 Å². The number of amides is 1. The van der Waals surface area contributed by atoms with Gasteiger partial charge in [-0.1, -0.05) is 0 Å². The SMILES string of the molecule is CC(C)n1cc2c(n1)C(=O)CC1(CCN(C(=O)c3ccc4nc[nH]c4c3)CC1)O2. The number of carbonyl (C=O) groups excluding carboxylic acids is 2. The Morgan fingerprint density at radius 2 is 2.07 bits per heavy atom. The zero-order valence-corrected chi connectivity index (χ0v) is 16.5. The molecule has 0 atom stereocenters. The molecule has 5 rings (SSSR count). The van der Waals surface area contributed by atoms with E-state index in [1.807, 2.05) is 43.1 Å². The van der Waals surface area contributed by atoms with E-state index in [4.69, 9.17) is 4.74 Å². The van der Waals surface area contributed by atoms with Gasteiger partial charge in [0.2, 0.25) is 0 Å². The molecule has 8 nitrogen and oxygen atoms in total. The second-order valence-corrected chi connectivity index (χ2v) is 8.23. The topological polar surface area (TPSA) is 93.1 Å². The fourth-order valence-electron chi connectivity index (χ4n) is 4.20. The van der Waals surface area contributed by atoms with E-state index >= 15 is 0 Å². The largest absolute Gasteiger partial charge is 0.483 e. The average Bonchev–Trinajstić information content (AvgIpc) is 3.34. The van der Waals surface area contributed by atoms with Gasteiger partial charge in [-0.15, -0.1) is 0 Å². The van der Waals surface area contributed by atoms with Crippen molar-refractivity contribution in [1.29, 1.82) is 0 Å². The lowest BCUT2D eigenvalue weighted by Gasteiger charge is -2.43. The Hall–Kier alpha value is -3.16. The minimum absolute atomic E-state index is 0.00759. The van der Waals surface area contributed by atoms with E-state index in [1.54, 1.807) is 11.0 Å². The summed E-state index contributed by atoms with van der Waals surface area (Å²) in [5, 5.41) is 4.38. The molecule has 2 aliphatic heterocycles. The molecule has 0 radical (unpaired) electrons. The Kier molecular flexibility index (Phi) is 3.97. The van der Waals surface area contributed by atoms with Crippen molar-refractivity contribution < 1.29 is 14.3 Å². The van der Waals surface area contributed by atoms with Gasteiger partial charge in [-0.05, 0) is 32.0 Å². The van der Waals surface area contributed by atoms with Crippen LogP contribution < -0.4 is 4.74 Å². The number of H-pyrrole nitrogens is 1. The maximum atomic E-state index is 12.9. The molecular weight excluding hydrogens is 370 g/mol. The number of piperidine rings is 1. The molecule has 0 aliphatic carbocycles. The van der Waals surface area contributed by atoms with Crippen LogP contribution in [0.5, 0.6) is 5.75 Å². The summed E-state index contributed by atoms with van der Waals surface area (Å²) < 4.78 is 8.06. The van der Waals surface area contributed by atoms with Crippen molar-refractivity contribution in [2.45, 2.75) is 44.8 Å². The van der Waals surface area contributed by atoms with Crippen molar-refractivity contribution in [2.75, 3.05) is 13.1 Å². The third-order valence-corrected chi connectivity index (χ3v) is 5.93. The number of hydrogen-bond acceptors (Lipinski definition) is 5. The van der Waals surface area contributed by atoms with Crippen LogP contribution in [-0.2, 0) is 0 Å². The fourth-order valence-corrected chi connectivity index (χ4v) is 4.20. The number of aromatic nitrogens is 4. The lowest BCUT2D eigenvalue weighted by atomic mass is 9.83. The Labute approximate surface area is 167 Å². The highest BCUT2D eigenvalue weighted by molar-refractivity contribution is 5.99. The maximum absolute atomic E-state index is 12.9. The smallest absolute Gasteiger partial charge is 0.253 e. The van der Waals surface area contributed by atoms with Crippen molar-refractivity contribution in [3.63, 3.8) is 0 Å². The lowest BCUT2D eigenvalue weighted by Crippen LogP contribution is -2.52. The van der Waals surface area contributed by atoms with E-state index in [1.165, 1.54) is 0 Å². The zero-order chi connectivity index (χ0) is 20.2. The van der Waals surface area contributed by atoms with E-state index < -0.39 is 5.60 Å². The number of ether oxygens (including phenoxy) is 1. The van der Waals surface area contributed by atoms with Crippen molar-refractivity contribution in [1.82, 2.24) is 24.6 Å². The van der Waals surface area contributed by atoms with Gasteiger partial charge in [-0.25, -0.2) is 4.98 Å². The second-order valence-electron chi connectivity index (χ2n) is 8.23. The van der Waals surface area contributed by atoms with Crippen LogP contribution in [0.4, 0.5) is 0 Å². The number of rotatable bonds is 2. The molecule has 3 aromatic rings. The third-order valence-electron chi connectivity index (χ3n) is 5.93. The molecule has 0 saturated carbocycles. The van der Waals surface area contributed by atoms with Crippen LogP contribution in [0.15, 0.2) is 30.7 Å². The number of aromatic amines is 1. The second kappa shape index (κ2) is 6.43. The third kappa shape index (κ3) is 2.99. The molecule has 0 unspecified atom stereocenters. The first-order chi connectivity index (χ1) is 13.9. The molecule has 2 aliphatic rings. The number of Topliss-reactive ketones (excluding diaryl/α,β-unsaturated/α-hetero) is 1. The number of benzene rings is 1. The molecule has 1 saturated heterocycles. The van der Waals surface area contributed by atoms with E-state index in [-0.39, 0.29) is 17.7 Å². The molecule has 29 heavy (non-hydrogen) atoms. The van der Waals surface area contributed by atoms with E-state index in [9.17, 15) is 9.59 Å². The Morgan fingerprint density at radius 1 is 1.28 bits per heavy atom. The number of fused-ring (bicyclic) bond motifs is 2. The summed E-state index contributed by atoms with van der Waals surface area (Å²) in [6.45, 7) is 5.15. The van der Waals surface area contributed by atoms with Crippen LogP contribution in [0.2, 0.25) is 0 Å². The van der Waals surface area contributed by atoms with E-state index in [0.29, 0.717) is 49.4 Å². The summed E-state index contributed by atoms with van der Waals surface area (Å²) in [4.78, 5) is 34.7. The van der Waals surface area contributed by atoms with Gasteiger partial charge in [0.25, 0.3) is 5.91 Å². The standard InChI is InChI=1S/C21H23N5O3/c1-13(2)26-11-18-19(24-26)17(27)10-21(29-18)5-7-25(8-6-21)20(28)14-3-4-15-16(9-14)23-12-22-15/h3-4,9,11-13H,5-8,10H2,1-2H3,(H,22,23). The predicted molar refractivity (Wildman–Crippen MR) is 106 cm³/mol. The normalized spacial score (nSPS) is 18.3. The molecule has 1 N–H and O–H groups in total. The van der Waals surface area contributed by atoms with Gasteiger partial charge < -0.3 is 14.6 Å². The maximum Gasteiger partial charge on any atom is 0.253 e. The van der Waals surface area contributed by atoms with Crippen molar-refractivity contribution in [2.24, 2.45) is 0 Å². The number of imidazole rings is 1. The van der Waals surface area contributed by atoms with Crippen LogP contribution in [-0.4, -0.2) is 55.0 Å². The molecule has 2 aromatic heterocycles. The fraction of sp³-hybridized carbons (Fsp3) is 0.429. The Bertz CT molecular complexity index is 1100. The summed E-state index contributed by atoms with van der Waals surface area (Å²) in [5.74, 6) is 0.585.